The summed E-state index contributed by atoms with van der Waals surface area (Å²) in [5.74, 6) is 0. The number of pyridine rings is 1. The third kappa shape index (κ3) is 4.21. The number of likely N-dealkylation sites (N-methyl/N-ethyl adjacent to an activating group) is 1. The molecule has 4 nitrogen and oxygen atoms in total. The van der Waals surface area contributed by atoms with Crippen LogP contribution in [0.25, 0.3) is 0 Å². The minimum absolute atomic E-state index is 0.297. The molecule has 1 saturated heterocycles. The summed E-state index contributed by atoms with van der Waals surface area (Å²) in [6.07, 6.45) is 2.06. The number of aromatic nitrogens is 1. The number of morpholine rings is 1. The fourth-order valence-electron chi connectivity index (χ4n) is 2.24. The Morgan fingerprint density at radius 3 is 3.11 bits per heavy atom. The van der Waals surface area contributed by atoms with Crippen molar-refractivity contribution in [1.82, 2.24) is 14.8 Å². The Morgan fingerprint density at radius 1 is 1.56 bits per heavy atom. The van der Waals surface area contributed by atoms with Gasteiger partial charge in [-0.15, -0.1) is 0 Å². The Morgan fingerprint density at radius 2 is 2.39 bits per heavy atom. The predicted molar refractivity (Wildman–Crippen MR) is 72.8 cm³/mol. The highest BCUT2D eigenvalue weighted by atomic mass is 35.5. The molecule has 18 heavy (non-hydrogen) atoms. The van der Waals surface area contributed by atoms with E-state index in [0.717, 1.165) is 32.8 Å². The van der Waals surface area contributed by atoms with Crippen molar-refractivity contribution in [2.75, 3.05) is 40.3 Å². The highest BCUT2D eigenvalue weighted by molar-refractivity contribution is 6.29. The lowest BCUT2D eigenvalue weighted by Gasteiger charge is -2.34. The van der Waals surface area contributed by atoms with Gasteiger partial charge in [0.05, 0.1) is 12.7 Å². The smallest absolute Gasteiger partial charge is 0.129 e. The SMILES string of the molecule is CN(C)CC1CN(Cc2ccnc(Cl)c2)CCO1. The second-order valence-corrected chi connectivity index (χ2v) is 5.36. The molecule has 1 aromatic rings. The molecule has 0 saturated carbocycles. The zero-order valence-corrected chi connectivity index (χ0v) is 11.7. The van der Waals surface area contributed by atoms with Crippen LogP contribution >= 0.6 is 11.6 Å². The molecule has 0 N–H and O–H groups in total. The van der Waals surface area contributed by atoms with Crippen molar-refractivity contribution in [3.63, 3.8) is 0 Å². The van der Waals surface area contributed by atoms with Crippen molar-refractivity contribution in [3.05, 3.63) is 29.0 Å². The van der Waals surface area contributed by atoms with Crippen LogP contribution in [-0.4, -0.2) is 61.2 Å². The topological polar surface area (TPSA) is 28.6 Å². The van der Waals surface area contributed by atoms with Gasteiger partial charge in [-0.1, -0.05) is 11.6 Å². The monoisotopic (exact) mass is 269 g/mol. The molecule has 1 aliphatic heterocycles. The Balaban J connectivity index is 1.89. The van der Waals surface area contributed by atoms with Gasteiger partial charge >= 0.3 is 0 Å². The first-order chi connectivity index (χ1) is 8.63. The van der Waals surface area contributed by atoms with E-state index in [1.165, 1.54) is 5.56 Å². The van der Waals surface area contributed by atoms with Gasteiger partial charge in [0.1, 0.15) is 5.15 Å². The average molecular weight is 270 g/mol. The molecule has 0 spiro atoms. The number of ether oxygens (including phenoxy) is 1. The number of halogens is 1. The first kappa shape index (κ1) is 13.7. The Kier molecular flexibility index (Phi) is 4.95. The molecule has 100 valence electrons. The molecule has 5 heteroatoms. The molecule has 0 amide bonds. The summed E-state index contributed by atoms with van der Waals surface area (Å²) < 4.78 is 5.76. The van der Waals surface area contributed by atoms with Crippen LogP contribution < -0.4 is 0 Å². The maximum Gasteiger partial charge on any atom is 0.129 e. The maximum atomic E-state index is 5.90. The number of hydrogen-bond acceptors (Lipinski definition) is 4. The van der Waals surface area contributed by atoms with Crippen molar-refractivity contribution in [3.8, 4) is 0 Å². The standard InChI is InChI=1S/C13H20ClN3O/c1-16(2)9-12-10-17(5-6-18-12)8-11-3-4-15-13(14)7-11/h3-4,7,12H,5-6,8-10H2,1-2H3. The van der Waals surface area contributed by atoms with Gasteiger partial charge in [-0.25, -0.2) is 4.98 Å². The summed E-state index contributed by atoms with van der Waals surface area (Å²) in [5, 5.41) is 0.561. The van der Waals surface area contributed by atoms with E-state index in [4.69, 9.17) is 16.3 Å². The van der Waals surface area contributed by atoms with Gasteiger partial charge in [0.15, 0.2) is 0 Å². The Labute approximate surface area is 114 Å². The molecule has 2 rings (SSSR count). The van der Waals surface area contributed by atoms with Crippen LogP contribution in [0.4, 0.5) is 0 Å². The summed E-state index contributed by atoms with van der Waals surface area (Å²) in [6.45, 7) is 4.63. The van der Waals surface area contributed by atoms with Crippen LogP contribution in [0.2, 0.25) is 5.15 Å². The van der Waals surface area contributed by atoms with Gasteiger partial charge < -0.3 is 9.64 Å². The molecule has 1 aliphatic rings. The molecule has 1 aromatic heterocycles. The van der Waals surface area contributed by atoms with Gasteiger partial charge in [0.2, 0.25) is 0 Å². The van der Waals surface area contributed by atoms with E-state index in [9.17, 15) is 0 Å². The lowest BCUT2D eigenvalue weighted by Crippen LogP contribution is -2.45. The zero-order chi connectivity index (χ0) is 13.0. The van der Waals surface area contributed by atoms with Crippen LogP contribution in [-0.2, 0) is 11.3 Å². The fourth-order valence-corrected chi connectivity index (χ4v) is 2.44. The predicted octanol–water partition coefficient (Wildman–Crippen LogP) is 1.50. The van der Waals surface area contributed by atoms with Crippen LogP contribution in [0.1, 0.15) is 5.56 Å². The van der Waals surface area contributed by atoms with E-state index in [-0.39, 0.29) is 0 Å². The quantitative estimate of drug-likeness (QED) is 0.775. The minimum Gasteiger partial charge on any atom is -0.374 e. The van der Waals surface area contributed by atoms with E-state index in [1.54, 1.807) is 6.20 Å². The van der Waals surface area contributed by atoms with Crippen molar-refractivity contribution >= 4 is 11.6 Å². The average Bonchev–Trinajstić information content (AvgIpc) is 2.28. The van der Waals surface area contributed by atoms with Crippen LogP contribution in [0.5, 0.6) is 0 Å². The molecule has 0 aromatic carbocycles. The molecular formula is C13H20ClN3O. The van der Waals surface area contributed by atoms with Gasteiger partial charge in [-0.2, -0.15) is 0 Å². The number of rotatable bonds is 4. The first-order valence-corrected chi connectivity index (χ1v) is 6.60. The van der Waals surface area contributed by atoms with Crippen LogP contribution in [0.15, 0.2) is 18.3 Å². The van der Waals surface area contributed by atoms with Crippen molar-refractivity contribution in [2.45, 2.75) is 12.6 Å². The molecular weight excluding hydrogens is 250 g/mol. The Hall–Kier alpha value is -0.680. The summed E-state index contributed by atoms with van der Waals surface area (Å²) in [4.78, 5) is 8.57. The largest absolute Gasteiger partial charge is 0.374 e. The summed E-state index contributed by atoms with van der Waals surface area (Å²) in [7, 11) is 4.15. The van der Waals surface area contributed by atoms with E-state index in [2.05, 4.69) is 28.9 Å². The summed E-state index contributed by atoms with van der Waals surface area (Å²) in [5.41, 5.74) is 1.21. The summed E-state index contributed by atoms with van der Waals surface area (Å²) in [6, 6.07) is 3.94. The normalized spacial score (nSPS) is 21.4. The zero-order valence-electron chi connectivity index (χ0n) is 11.0. The molecule has 0 bridgehead atoms. The number of nitrogens with zero attached hydrogens (tertiary/aromatic N) is 3. The van der Waals surface area contributed by atoms with E-state index < -0.39 is 0 Å². The molecule has 1 atom stereocenters. The second-order valence-electron chi connectivity index (χ2n) is 4.98. The first-order valence-electron chi connectivity index (χ1n) is 6.22. The van der Waals surface area contributed by atoms with Crippen LogP contribution in [0, 0.1) is 0 Å². The third-order valence-electron chi connectivity index (χ3n) is 2.99. The maximum absolute atomic E-state index is 5.90. The van der Waals surface area contributed by atoms with E-state index >= 15 is 0 Å². The Bertz CT molecular complexity index is 386. The van der Waals surface area contributed by atoms with Crippen LogP contribution in [0.3, 0.4) is 0 Å². The second kappa shape index (κ2) is 6.48. The van der Waals surface area contributed by atoms with Gasteiger partial charge in [-0.05, 0) is 31.8 Å². The highest BCUT2D eigenvalue weighted by Crippen LogP contribution is 2.13. The molecule has 0 aliphatic carbocycles. The highest BCUT2D eigenvalue weighted by Gasteiger charge is 2.20. The minimum atomic E-state index is 0.297. The molecule has 2 heterocycles. The third-order valence-corrected chi connectivity index (χ3v) is 3.20. The van der Waals surface area contributed by atoms with Crippen molar-refractivity contribution in [1.29, 1.82) is 0 Å². The van der Waals surface area contributed by atoms with Gasteiger partial charge in [0.25, 0.3) is 0 Å². The van der Waals surface area contributed by atoms with Gasteiger partial charge in [0, 0.05) is 32.4 Å². The fraction of sp³-hybridized carbons (Fsp3) is 0.615. The number of hydrogen-bond donors (Lipinski definition) is 0. The van der Waals surface area contributed by atoms with E-state index in [1.807, 2.05) is 12.1 Å². The molecule has 0 radical (unpaired) electrons. The van der Waals surface area contributed by atoms with Crippen molar-refractivity contribution < 1.29 is 4.74 Å². The van der Waals surface area contributed by atoms with Gasteiger partial charge in [-0.3, -0.25) is 4.90 Å². The molecule has 1 fully saturated rings. The summed E-state index contributed by atoms with van der Waals surface area (Å²) >= 11 is 5.90. The lowest BCUT2D eigenvalue weighted by atomic mass is 10.2. The van der Waals surface area contributed by atoms with Crippen molar-refractivity contribution in [2.24, 2.45) is 0 Å². The lowest BCUT2D eigenvalue weighted by molar-refractivity contribution is -0.0406. The molecule has 1 unspecified atom stereocenters. The van der Waals surface area contributed by atoms with E-state index in [0.29, 0.717) is 11.3 Å².